The third-order valence-corrected chi connectivity index (χ3v) is 4.17. The first-order valence-corrected chi connectivity index (χ1v) is 7.16. The van der Waals surface area contributed by atoms with Crippen molar-refractivity contribution in [2.24, 2.45) is 11.8 Å². The van der Waals surface area contributed by atoms with Crippen molar-refractivity contribution in [1.29, 1.82) is 0 Å². The molecule has 0 aromatic rings. The molecule has 1 saturated carbocycles. The summed E-state index contributed by atoms with van der Waals surface area (Å²) in [6.45, 7) is 2.19. The topological polar surface area (TPSA) is 26.3 Å². The molecule has 0 aliphatic heterocycles. The van der Waals surface area contributed by atoms with E-state index in [2.05, 4.69) is 16.4 Å². The summed E-state index contributed by atoms with van der Waals surface area (Å²) in [5.41, 5.74) is 0. The highest BCUT2D eigenvalue weighted by Gasteiger charge is 2.43. The molecule has 5 atom stereocenters. The average molecular weight is 262 g/mol. The molecule has 0 bridgehead atoms. The summed E-state index contributed by atoms with van der Waals surface area (Å²) >= 11 is 0. The Labute approximate surface area is 106 Å². The monoisotopic (exact) mass is 262 g/mol. The molecule has 0 aromatic heterocycles. The summed E-state index contributed by atoms with van der Waals surface area (Å²) < 4.78 is 18.8. The van der Waals surface area contributed by atoms with Gasteiger partial charge in [0.15, 0.2) is 0 Å². The first kappa shape index (κ1) is 15.0. The van der Waals surface area contributed by atoms with E-state index >= 15 is 0 Å². The second-order valence-electron chi connectivity index (χ2n) is 5.01. The van der Waals surface area contributed by atoms with Gasteiger partial charge in [0.2, 0.25) is 0 Å². The van der Waals surface area contributed by atoms with E-state index in [9.17, 15) is 9.18 Å². The zero-order chi connectivity index (χ0) is 12.7. The first-order valence-electron chi connectivity index (χ1n) is 6.69. The molecule has 1 fully saturated rings. The third kappa shape index (κ3) is 4.30. The maximum absolute atomic E-state index is 13.6. The Morgan fingerprint density at radius 3 is 2.65 bits per heavy atom. The van der Waals surface area contributed by atoms with Crippen molar-refractivity contribution < 1.29 is 13.7 Å². The van der Waals surface area contributed by atoms with Crippen molar-refractivity contribution in [1.82, 2.24) is 0 Å². The SMILES string of the molecule is CCCCCCCC1C(OP)CC(F)C1C=O. The number of aldehydes is 1. The van der Waals surface area contributed by atoms with Gasteiger partial charge < -0.3 is 9.32 Å². The van der Waals surface area contributed by atoms with Crippen LogP contribution in [0.15, 0.2) is 0 Å². The Bertz CT molecular complexity index is 225. The fraction of sp³-hybridized carbons (Fsp3) is 0.923. The fourth-order valence-corrected chi connectivity index (χ4v) is 3.09. The second kappa shape index (κ2) is 8.16. The van der Waals surface area contributed by atoms with Crippen LogP contribution in [-0.4, -0.2) is 18.6 Å². The van der Waals surface area contributed by atoms with E-state index in [0.29, 0.717) is 6.42 Å². The Balaban J connectivity index is 2.34. The van der Waals surface area contributed by atoms with Gasteiger partial charge >= 0.3 is 0 Å². The fourth-order valence-electron chi connectivity index (χ4n) is 2.77. The summed E-state index contributed by atoms with van der Waals surface area (Å²) in [5, 5.41) is 0. The third-order valence-electron chi connectivity index (χ3n) is 3.82. The van der Waals surface area contributed by atoms with E-state index in [1.165, 1.54) is 25.7 Å². The maximum Gasteiger partial charge on any atom is 0.126 e. The summed E-state index contributed by atoms with van der Waals surface area (Å²) in [6.07, 6.45) is 6.92. The molecule has 0 saturated heterocycles. The van der Waals surface area contributed by atoms with Crippen LogP contribution in [0.5, 0.6) is 0 Å². The molecule has 1 aliphatic carbocycles. The molecule has 1 aliphatic rings. The van der Waals surface area contributed by atoms with Crippen LogP contribution < -0.4 is 0 Å². The van der Waals surface area contributed by atoms with Crippen molar-refractivity contribution in [3.63, 3.8) is 0 Å². The number of alkyl halides is 1. The maximum atomic E-state index is 13.6. The number of carbonyl (C=O) groups is 1. The van der Waals surface area contributed by atoms with Crippen molar-refractivity contribution in [3.8, 4) is 0 Å². The van der Waals surface area contributed by atoms with Gasteiger partial charge in [0.25, 0.3) is 0 Å². The standard InChI is InChI=1S/C13H24FO2P/c1-2-3-4-5-6-7-10-11(9-15)12(14)8-13(10)16-17/h9-13H,2-8,17H2,1H3. The number of carbonyl (C=O) groups excluding carboxylic acids is 1. The van der Waals surface area contributed by atoms with Gasteiger partial charge in [-0.15, -0.1) is 0 Å². The van der Waals surface area contributed by atoms with Gasteiger partial charge in [0.05, 0.1) is 12.0 Å². The minimum Gasteiger partial charge on any atom is -0.362 e. The molecule has 0 amide bonds. The number of unbranched alkanes of at least 4 members (excludes halogenated alkanes) is 4. The molecule has 5 unspecified atom stereocenters. The molecule has 0 radical (unpaired) electrons. The first-order chi connectivity index (χ1) is 8.24. The van der Waals surface area contributed by atoms with Crippen LogP contribution in [-0.2, 0) is 9.32 Å². The molecule has 0 spiro atoms. The average Bonchev–Trinajstić information content (AvgIpc) is 2.64. The van der Waals surface area contributed by atoms with Gasteiger partial charge in [-0.05, 0) is 12.3 Å². The minimum absolute atomic E-state index is 0.0710. The normalized spacial score (nSPS) is 32.9. The zero-order valence-corrected chi connectivity index (χ0v) is 11.8. The van der Waals surface area contributed by atoms with Crippen LogP contribution in [0.4, 0.5) is 4.39 Å². The molecule has 0 N–H and O–H groups in total. The molecular weight excluding hydrogens is 238 g/mol. The van der Waals surface area contributed by atoms with Crippen molar-refractivity contribution in [3.05, 3.63) is 0 Å². The van der Waals surface area contributed by atoms with E-state index in [0.717, 1.165) is 19.1 Å². The van der Waals surface area contributed by atoms with Gasteiger partial charge in [-0.25, -0.2) is 4.39 Å². The van der Waals surface area contributed by atoms with E-state index in [1.807, 2.05) is 0 Å². The van der Waals surface area contributed by atoms with E-state index < -0.39 is 12.1 Å². The van der Waals surface area contributed by atoms with E-state index in [1.54, 1.807) is 0 Å². The Kier molecular flexibility index (Phi) is 7.22. The Hall–Kier alpha value is -0.0100. The van der Waals surface area contributed by atoms with Crippen LogP contribution in [0.25, 0.3) is 0 Å². The number of hydrogen-bond acceptors (Lipinski definition) is 2. The molecule has 100 valence electrons. The highest BCUT2D eigenvalue weighted by Crippen LogP contribution is 2.39. The molecule has 0 aromatic carbocycles. The van der Waals surface area contributed by atoms with Crippen LogP contribution >= 0.6 is 9.47 Å². The zero-order valence-electron chi connectivity index (χ0n) is 10.6. The van der Waals surface area contributed by atoms with E-state index in [4.69, 9.17) is 4.52 Å². The molecule has 0 heterocycles. The van der Waals surface area contributed by atoms with Gasteiger partial charge in [-0.2, -0.15) is 0 Å². The van der Waals surface area contributed by atoms with E-state index in [-0.39, 0.29) is 12.0 Å². The van der Waals surface area contributed by atoms with Crippen LogP contribution in [0.3, 0.4) is 0 Å². The molecule has 1 rings (SSSR count). The minimum atomic E-state index is -1.02. The van der Waals surface area contributed by atoms with Gasteiger partial charge in [-0.1, -0.05) is 39.0 Å². The summed E-state index contributed by atoms with van der Waals surface area (Å²) in [5.74, 6) is -0.381. The molecule has 17 heavy (non-hydrogen) atoms. The van der Waals surface area contributed by atoms with Crippen molar-refractivity contribution >= 4 is 15.8 Å². The molecule has 4 heteroatoms. The Morgan fingerprint density at radius 1 is 1.35 bits per heavy atom. The second-order valence-corrected chi connectivity index (χ2v) is 5.28. The van der Waals surface area contributed by atoms with Crippen LogP contribution in [0, 0.1) is 11.8 Å². The molecule has 2 nitrogen and oxygen atoms in total. The predicted molar refractivity (Wildman–Crippen MR) is 70.5 cm³/mol. The lowest BCUT2D eigenvalue weighted by Gasteiger charge is -2.20. The highest BCUT2D eigenvalue weighted by atomic mass is 31.0. The Morgan fingerprint density at radius 2 is 2.06 bits per heavy atom. The van der Waals surface area contributed by atoms with Gasteiger partial charge in [-0.3, -0.25) is 0 Å². The number of hydrogen-bond donors (Lipinski definition) is 0. The number of rotatable bonds is 8. The van der Waals surface area contributed by atoms with Gasteiger partial charge in [0.1, 0.15) is 12.5 Å². The summed E-state index contributed by atoms with van der Waals surface area (Å²) in [7, 11) is 2.21. The summed E-state index contributed by atoms with van der Waals surface area (Å²) in [6, 6.07) is 0. The van der Waals surface area contributed by atoms with Crippen LogP contribution in [0.2, 0.25) is 0 Å². The lowest BCUT2D eigenvalue weighted by Crippen LogP contribution is -2.22. The predicted octanol–water partition coefficient (Wildman–Crippen LogP) is 3.70. The van der Waals surface area contributed by atoms with Gasteiger partial charge in [0, 0.05) is 15.9 Å². The lowest BCUT2D eigenvalue weighted by atomic mass is 9.90. The smallest absolute Gasteiger partial charge is 0.126 e. The highest BCUT2D eigenvalue weighted by molar-refractivity contribution is 7.09. The van der Waals surface area contributed by atoms with Crippen molar-refractivity contribution in [2.45, 2.75) is 64.1 Å². The van der Waals surface area contributed by atoms with Crippen LogP contribution in [0.1, 0.15) is 51.9 Å². The number of halogens is 1. The largest absolute Gasteiger partial charge is 0.362 e. The quantitative estimate of drug-likeness (QED) is 0.379. The summed E-state index contributed by atoms with van der Waals surface area (Å²) in [4.78, 5) is 10.9. The lowest BCUT2D eigenvalue weighted by molar-refractivity contribution is -0.113. The molecular formula is C13H24FO2P. The van der Waals surface area contributed by atoms with Crippen molar-refractivity contribution in [2.75, 3.05) is 0 Å².